The predicted octanol–water partition coefficient (Wildman–Crippen LogP) is 2.57. The van der Waals surface area contributed by atoms with E-state index in [2.05, 4.69) is 0 Å². The molecular formula is C16H19NO2S. The molecule has 2 rings (SSSR count). The SMILES string of the molecule is Cc1cccc(CS(=O)(=O)Cc2cccc(CN)c2)c1. The molecule has 0 saturated heterocycles. The third-order valence-electron chi connectivity index (χ3n) is 3.08. The van der Waals surface area contributed by atoms with Crippen LogP contribution >= 0.6 is 0 Å². The summed E-state index contributed by atoms with van der Waals surface area (Å²) in [6.45, 7) is 2.38. The number of hydrogen-bond acceptors (Lipinski definition) is 3. The molecule has 2 aromatic carbocycles. The van der Waals surface area contributed by atoms with E-state index >= 15 is 0 Å². The zero-order chi connectivity index (χ0) is 14.6. The highest BCUT2D eigenvalue weighted by Crippen LogP contribution is 2.14. The molecule has 106 valence electrons. The van der Waals surface area contributed by atoms with Crippen molar-refractivity contribution in [1.29, 1.82) is 0 Å². The minimum atomic E-state index is -3.17. The number of hydrogen-bond donors (Lipinski definition) is 1. The van der Waals surface area contributed by atoms with E-state index in [1.54, 1.807) is 0 Å². The van der Waals surface area contributed by atoms with Crippen LogP contribution in [-0.4, -0.2) is 8.42 Å². The van der Waals surface area contributed by atoms with Gasteiger partial charge in [-0.2, -0.15) is 0 Å². The largest absolute Gasteiger partial charge is 0.326 e. The third-order valence-corrected chi connectivity index (χ3v) is 4.63. The van der Waals surface area contributed by atoms with Gasteiger partial charge in [0, 0.05) is 6.54 Å². The van der Waals surface area contributed by atoms with Gasteiger partial charge in [-0.05, 0) is 23.6 Å². The molecule has 0 heterocycles. The van der Waals surface area contributed by atoms with E-state index in [4.69, 9.17) is 5.73 Å². The minimum Gasteiger partial charge on any atom is -0.326 e. The van der Waals surface area contributed by atoms with Crippen LogP contribution in [0.15, 0.2) is 48.5 Å². The summed E-state index contributed by atoms with van der Waals surface area (Å²) in [6, 6.07) is 15.0. The first kappa shape index (κ1) is 14.8. The van der Waals surface area contributed by atoms with Crippen LogP contribution in [0.3, 0.4) is 0 Å². The smallest absolute Gasteiger partial charge is 0.158 e. The molecule has 0 aromatic heterocycles. The highest BCUT2D eigenvalue weighted by Gasteiger charge is 2.13. The molecule has 0 bridgehead atoms. The average Bonchev–Trinajstić information content (AvgIpc) is 2.37. The van der Waals surface area contributed by atoms with Gasteiger partial charge in [0.25, 0.3) is 0 Å². The number of sulfone groups is 1. The first-order chi connectivity index (χ1) is 9.48. The van der Waals surface area contributed by atoms with Gasteiger partial charge in [-0.15, -0.1) is 0 Å². The predicted molar refractivity (Wildman–Crippen MR) is 81.8 cm³/mol. The van der Waals surface area contributed by atoms with E-state index in [0.29, 0.717) is 6.54 Å². The van der Waals surface area contributed by atoms with E-state index in [9.17, 15) is 8.42 Å². The van der Waals surface area contributed by atoms with Crippen molar-refractivity contribution in [3.05, 3.63) is 70.8 Å². The first-order valence-electron chi connectivity index (χ1n) is 6.52. The van der Waals surface area contributed by atoms with Gasteiger partial charge in [0.1, 0.15) is 0 Å². The van der Waals surface area contributed by atoms with Gasteiger partial charge in [0.2, 0.25) is 0 Å². The molecule has 3 nitrogen and oxygen atoms in total. The summed E-state index contributed by atoms with van der Waals surface area (Å²) in [4.78, 5) is 0. The number of aryl methyl sites for hydroxylation is 1. The van der Waals surface area contributed by atoms with E-state index in [0.717, 1.165) is 22.3 Å². The van der Waals surface area contributed by atoms with Crippen LogP contribution in [0.5, 0.6) is 0 Å². The van der Waals surface area contributed by atoms with Crippen LogP contribution in [0.25, 0.3) is 0 Å². The standard InChI is InChI=1S/C16H19NO2S/c1-13-4-2-6-15(8-13)11-20(18,19)12-16-7-3-5-14(9-16)10-17/h2-9H,10-12,17H2,1H3. The molecule has 0 aliphatic heterocycles. The molecule has 0 atom stereocenters. The second-order valence-corrected chi connectivity index (χ2v) is 7.11. The monoisotopic (exact) mass is 289 g/mol. The quantitative estimate of drug-likeness (QED) is 0.920. The Kier molecular flexibility index (Phi) is 4.57. The fraction of sp³-hybridized carbons (Fsp3) is 0.250. The fourth-order valence-electron chi connectivity index (χ4n) is 2.21. The van der Waals surface area contributed by atoms with Crippen molar-refractivity contribution < 1.29 is 8.42 Å². The molecular weight excluding hydrogens is 270 g/mol. The third kappa shape index (κ3) is 4.18. The summed E-state index contributed by atoms with van der Waals surface area (Å²) in [5, 5.41) is 0. The van der Waals surface area contributed by atoms with Gasteiger partial charge >= 0.3 is 0 Å². The van der Waals surface area contributed by atoms with E-state index < -0.39 is 9.84 Å². The van der Waals surface area contributed by atoms with E-state index in [1.807, 2.05) is 55.5 Å². The van der Waals surface area contributed by atoms with Crippen LogP contribution in [0, 0.1) is 6.92 Å². The summed E-state index contributed by atoms with van der Waals surface area (Å²) in [7, 11) is -3.17. The summed E-state index contributed by atoms with van der Waals surface area (Å²) < 4.78 is 24.5. The van der Waals surface area contributed by atoms with Crippen molar-refractivity contribution in [2.24, 2.45) is 5.73 Å². The first-order valence-corrected chi connectivity index (χ1v) is 8.34. The van der Waals surface area contributed by atoms with Crippen LogP contribution < -0.4 is 5.73 Å². The molecule has 20 heavy (non-hydrogen) atoms. The van der Waals surface area contributed by atoms with E-state index in [1.165, 1.54) is 0 Å². The van der Waals surface area contributed by atoms with Crippen molar-refractivity contribution in [3.63, 3.8) is 0 Å². The molecule has 0 saturated carbocycles. The lowest BCUT2D eigenvalue weighted by Crippen LogP contribution is -2.08. The lowest BCUT2D eigenvalue weighted by Gasteiger charge is -2.07. The molecule has 0 fully saturated rings. The maximum absolute atomic E-state index is 12.2. The van der Waals surface area contributed by atoms with Crippen molar-refractivity contribution in [3.8, 4) is 0 Å². The van der Waals surface area contributed by atoms with Gasteiger partial charge in [0.15, 0.2) is 9.84 Å². The maximum atomic E-state index is 12.2. The molecule has 0 aliphatic carbocycles. The lowest BCUT2D eigenvalue weighted by molar-refractivity contribution is 0.594. The number of benzene rings is 2. The Hall–Kier alpha value is -1.65. The lowest BCUT2D eigenvalue weighted by atomic mass is 10.1. The molecule has 0 spiro atoms. The summed E-state index contributed by atoms with van der Waals surface area (Å²) in [6.07, 6.45) is 0. The fourth-order valence-corrected chi connectivity index (χ4v) is 3.68. The van der Waals surface area contributed by atoms with Crippen molar-refractivity contribution in [2.45, 2.75) is 25.0 Å². The Bertz CT molecular complexity index is 693. The van der Waals surface area contributed by atoms with Gasteiger partial charge in [-0.1, -0.05) is 54.1 Å². The molecule has 0 aliphatic rings. The topological polar surface area (TPSA) is 60.2 Å². The van der Waals surface area contributed by atoms with Crippen molar-refractivity contribution in [2.75, 3.05) is 0 Å². The Morgan fingerprint density at radius 2 is 1.45 bits per heavy atom. The number of nitrogens with two attached hydrogens (primary N) is 1. The van der Waals surface area contributed by atoms with Crippen LogP contribution in [0.4, 0.5) is 0 Å². The van der Waals surface area contributed by atoms with E-state index in [-0.39, 0.29) is 11.5 Å². The molecule has 0 radical (unpaired) electrons. The molecule has 0 unspecified atom stereocenters. The summed E-state index contributed by atoms with van der Waals surface area (Å²) >= 11 is 0. The Morgan fingerprint density at radius 1 is 0.900 bits per heavy atom. The molecule has 4 heteroatoms. The Balaban J connectivity index is 2.14. The highest BCUT2D eigenvalue weighted by atomic mass is 32.2. The zero-order valence-electron chi connectivity index (χ0n) is 11.5. The van der Waals surface area contributed by atoms with Crippen molar-refractivity contribution >= 4 is 9.84 Å². The average molecular weight is 289 g/mol. The Labute approximate surface area is 120 Å². The maximum Gasteiger partial charge on any atom is 0.158 e. The van der Waals surface area contributed by atoms with Gasteiger partial charge in [0.05, 0.1) is 11.5 Å². The minimum absolute atomic E-state index is 0.0504. The van der Waals surface area contributed by atoms with Gasteiger partial charge < -0.3 is 5.73 Å². The Morgan fingerprint density at radius 3 is 2.05 bits per heavy atom. The summed E-state index contributed by atoms with van der Waals surface area (Å²) in [5.41, 5.74) is 9.22. The van der Waals surface area contributed by atoms with Gasteiger partial charge in [-0.25, -0.2) is 8.42 Å². The highest BCUT2D eigenvalue weighted by molar-refractivity contribution is 7.89. The molecule has 2 aromatic rings. The van der Waals surface area contributed by atoms with Crippen molar-refractivity contribution in [1.82, 2.24) is 0 Å². The van der Waals surface area contributed by atoms with Gasteiger partial charge in [-0.3, -0.25) is 0 Å². The van der Waals surface area contributed by atoms with Crippen LogP contribution in [0.1, 0.15) is 22.3 Å². The van der Waals surface area contributed by atoms with Crippen LogP contribution in [-0.2, 0) is 27.9 Å². The normalized spacial score (nSPS) is 11.5. The molecule has 0 amide bonds. The zero-order valence-corrected chi connectivity index (χ0v) is 12.4. The molecule has 2 N–H and O–H groups in total. The van der Waals surface area contributed by atoms with Crippen LogP contribution in [0.2, 0.25) is 0 Å². The second kappa shape index (κ2) is 6.20. The second-order valence-electron chi connectivity index (χ2n) is 5.05. The summed E-state index contributed by atoms with van der Waals surface area (Å²) in [5.74, 6) is 0.121. The number of rotatable bonds is 5.